The zero-order valence-electron chi connectivity index (χ0n) is 17.3. The van der Waals surface area contributed by atoms with Crippen LogP contribution in [0.2, 0.25) is 0 Å². The van der Waals surface area contributed by atoms with Gasteiger partial charge in [0, 0.05) is 31.9 Å². The Bertz CT molecular complexity index is 858. The minimum atomic E-state index is -1.37. The summed E-state index contributed by atoms with van der Waals surface area (Å²) < 4.78 is 32.3. The fourth-order valence-electron chi connectivity index (χ4n) is 2.90. The molecule has 168 valence electrons. The molecule has 13 heteroatoms. The molecule has 0 radical (unpaired) electrons. The third-order valence-electron chi connectivity index (χ3n) is 4.04. The van der Waals surface area contributed by atoms with E-state index in [-0.39, 0.29) is 18.2 Å². The maximum Gasteiger partial charge on any atom is 0.303 e. The Balaban J connectivity index is 2.46. The van der Waals surface area contributed by atoms with E-state index in [0.29, 0.717) is 0 Å². The summed E-state index contributed by atoms with van der Waals surface area (Å²) in [5, 5.41) is 3.64. The highest BCUT2D eigenvalue weighted by atomic mass is 16.7. The predicted molar refractivity (Wildman–Crippen MR) is 101 cm³/mol. The van der Waals surface area contributed by atoms with Gasteiger partial charge in [0.05, 0.1) is 7.11 Å². The zero-order chi connectivity index (χ0) is 23.0. The first kappa shape index (κ1) is 23.7. The van der Waals surface area contributed by atoms with Crippen LogP contribution in [0.15, 0.2) is 23.4 Å². The van der Waals surface area contributed by atoms with Gasteiger partial charge < -0.3 is 28.4 Å². The van der Waals surface area contributed by atoms with Gasteiger partial charge in [-0.1, -0.05) is 5.11 Å². The minimum absolute atomic E-state index is 0.00371. The van der Waals surface area contributed by atoms with Crippen molar-refractivity contribution in [3.63, 3.8) is 0 Å². The van der Waals surface area contributed by atoms with Crippen LogP contribution in [-0.4, -0.2) is 67.3 Å². The molecule has 31 heavy (non-hydrogen) atoms. The molecule has 0 aliphatic carbocycles. The second kappa shape index (κ2) is 11.0. The molecular formula is C18H22N4O9. The van der Waals surface area contributed by atoms with E-state index in [4.69, 9.17) is 34.0 Å². The first-order valence-electron chi connectivity index (χ1n) is 9.10. The van der Waals surface area contributed by atoms with E-state index in [1.54, 1.807) is 12.1 Å². The summed E-state index contributed by atoms with van der Waals surface area (Å²) in [6, 6.07) is 1.93. The zero-order valence-corrected chi connectivity index (χ0v) is 17.3. The molecule has 13 nitrogen and oxygen atoms in total. The third-order valence-corrected chi connectivity index (χ3v) is 4.04. The van der Waals surface area contributed by atoms with Crippen LogP contribution < -0.4 is 9.47 Å². The van der Waals surface area contributed by atoms with Crippen molar-refractivity contribution in [2.45, 2.75) is 51.4 Å². The van der Waals surface area contributed by atoms with E-state index in [0.717, 1.165) is 13.8 Å². The highest BCUT2D eigenvalue weighted by molar-refractivity contribution is 5.67. The van der Waals surface area contributed by atoms with Crippen LogP contribution in [0.3, 0.4) is 0 Å². The molecule has 2 rings (SSSR count). The molecule has 0 amide bonds. The van der Waals surface area contributed by atoms with Gasteiger partial charge in [-0.25, -0.2) is 4.98 Å². The summed E-state index contributed by atoms with van der Waals surface area (Å²) in [5.41, 5.74) is 9.06. The van der Waals surface area contributed by atoms with Crippen molar-refractivity contribution in [2.24, 2.45) is 5.11 Å². The highest BCUT2D eigenvalue weighted by Gasteiger charge is 2.51. The Kier molecular flexibility index (Phi) is 8.41. The van der Waals surface area contributed by atoms with E-state index in [1.807, 2.05) is 0 Å². The topological polar surface area (TPSA) is 168 Å². The lowest BCUT2D eigenvalue weighted by atomic mass is 9.96. The number of hydrogen-bond donors (Lipinski definition) is 0. The van der Waals surface area contributed by atoms with Crippen molar-refractivity contribution in [3.05, 3.63) is 28.8 Å². The number of pyridine rings is 1. The fraction of sp³-hybridized carbons (Fsp3) is 0.556. The standard InChI is InChI=1S/C18H22N4O9/c1-9(23)27-8-13-15(28-10(2)24)14(21-22-19)16(29-11(3)25)18(30-13)31-17-12(26-4)6-5-7-20-17/h5-7,13-16,18H,8H2,1-4H3/t13-,14+,15-,16-,18+/m1/s1. The molecule has 1 aliphatic rings. The first-order chi connectivity index (χ1) is 14.8. The molecule has 2 heterocycles. The Hall–Kier alpha value is -3.57. The molecule has 1 aromatic heterocycles. The monoisotopic (exact) mass is 438 g/mol. The van der Waals surface area contributed by atoms with Crippen molar-refractivity contribution in [1.82, 2.24) is 4.98 Å². The highest BCUT2D eigenvalue weighted by Crippen LogP contribution is 2.32. The van der Waals surface area contributed by atoms with Crippen molar-refractivity contribution in [1.29, 1.82) is 0 Å². The second-order valence-electron chi connectivity index (χ2n) is 6.32. The largest absolute Gasteiger partial charge is 0.491 e. The number of carbonyl (C=O) groups excluding carboxylic acids is 3. The number of rotatable bonds is 8. The molecule has 0 aromatic carbocycles. The van der Waals surface area contributed by atoms with Gasteiger partial charge in [-0.2, -0.15) is 0 Å². The quantitative estimate of drug-likeness (QED) is 0.189. The number of azide groups is 1. The lowest BCUT2D eigenvalue weighted by Gasteiger charge is -2.43. The van der Waals surface area contributed by atoms with Gasteiger partial charge in [0.15, 0.2) is 11.9 Å². The molecule has 0 spiro atoms. The van der Waals surface area contributed by atoms with Gasteiger partial charge in [-0.05, 0) is 17.7 Å². The van der Waals surface area contributed by atoms with Crippen LogP contribution in [-0.2, 0) is 33.3 Å². The van der Waals surface area contributed by atoms with Gasteiger partial charge in [0.2, 0.25) is 6.29 Å². The van der Waals surface area contributed by atoms with Gasteiger partial charge >= 0.3 is 17.9 Å². The van der Waals surface area contributed by atoms with Crippen LogP contribution in [0.1, 0.15) is 20.8 Å². The Morgan fingerprint density at radius 3 is 2.42 bits per heavy atom. The van der Waals surface area contributed by atoms with Gasteiger partial charge in [0.25, 0.3) is 5.88 Å². The summed E-state index contributed by atoms with van der Waals surface area (Å²) in [7, 11) is 1.40. The lowest BCUT2D eigenvalue weighted by Crippen LogP contribution is -2.61. The van der Waals surface area contributed by atoms with E-state index in [9.17, 15) is 14.4 Å². The van der Waals surface area contributed by atoms with E-state index in [2.05, 4.69) is 15.0 Å². The lowest BCUT2D eigenvalue weighted by molar-refractivity contribution is -0.259. The Labute approximate surface area is 177 Å². The smallest absolute Gasteiger partial charge is 0.303 e. The SMILES string of the molecule is COc1cccnc1O[C@@H]1O[C@H](COC(C)=O)[C@@H](OC(C)=O)[C@H](N=[N+]=[N-])[C@H]1OC(C)=O. The van der Waals surface area contributed by atoms with Crippen molar-refractivity contribution in [3.8, 4) is 11.6 Å². The predicted octanol–water partition coefficient (Wildman–Crippen LogP) is 1.30. The summed E-state index contributed by atoms with van der Waals surface area (Å²) in [4.78, 5) is 41.5. The number of ether oxygens (including phenoxy) is 6. The molecule has 1 saturated heterocycles. The Morgan fingerprint density at radius 1 is 1.16 bits per heavy atom. The molecule has 1 aliphatic heterocycles. The van der Waals surface area contributed by atoms with Gasteiger partial charge in [-0.15, -0.1) is 0 Å². The van der Waals surface area contributed by atoms with Gasteiger partial charge in [-0.3, -0.25) is 14.4 Å². The fourth-order valence-corrected chi connectivity index (χ4v) is 2.90. The van der Waals surface area contributed by atoms with Gasteiger partial charge in [0.1, 0.15) is 24.9 Å². The average Bonchev–Trinajstić information content (AvgIpc) is 2.70. The number of esters is 3. The van der Waals surface area contributed by atoms with Crippen LogP contribution in [0, 0.1) is 0 Å². The third kappa shape index (κ3) is 6.46. The number of methoxy groups -OCH3 is 1. The molecule has 1 aromatic rings. The van der Waals surface area contributed by atoms with Crippen molar-refractivity contribution in [2.75, 3.05) is 13.7 Å². The number of carbonyl (C=O) groups is 3. The summed E-state index contributed by atoms with van der Waals surface area (Å²) in [6.07, 6.45) is -3.59. The molecule has 0 N–H and O–H groups in total. The van der Waals surface area contributed by atoms with E-state index in [1.165, 1.54) is 20.2 Å². The van der Waals surface area contributed by atoms with Crippen LogP contribution in [0.25, 0.3) is 10.4 Å². The first-order valence-corrected chi connectivity index (χ1v) is 9.10. The maximum atomic E-state index is 11.7. The Morgan fingerprint density at radius 2 is 1.84 bits per heavy atom. The normalized spacial score (nSPS) is 24.8. The summed E-state index contributed by atoms with van der Waals surface area (Å²) >= 11 is 0. The molecule has 0 bridgehead atoms. The molecule has 0 unspecified atom stereocenters. The summed E-state index contributed by atoms with van der Waals surface area (Å²) in [5.74, 6) is -1.80. The van der Waals surface area contributed by atoms with E-state index < -0.39 is 48.6 Å². The maximum absolute atomic E-state index is 11.7. The van der Waals surface area contributed by atoms with E-state index >= 15 is 0 Å². The average molecular weight is 438 g/mol. The van der Waals surface area contributed by atoms with Crippen LogP contribution in [0.5, 0.6) is 11.6 Å². The number of aromatic nitrogens is 1. The molecule has 5 atom stereocenters. The number of nitrogens with zero attached hydrogens (tertiary/aromatic N) is 4. The van der Waals surface area contributed by atoms with Crippen LogP contribution >= 0.6 is 0 Å². The molecule has 1 fully saturated rings. The van der Waals surface area contributed by atoms with Crippen LogP contribution in [0.4, 0.5) is 0 Å². The number of hydrogen-bond acceptors (Lipinski definition) is 11. The molecular weight excluding hydrogens is 416 g/mol. The summed E-state index contributed by atoms with van der Waals surface area (Å²) in [6.45, 7) is 3.11. The van der Waals surface area contributed by atoms with Crippen molar-refractivity contribution >= 4 is 17.9 Å². The van der Waals surface area contributed by atoms with Crippen molar-refractivity contribution < 1.29 is 42.8 Å². The second-order valence-corrected chi connectivity index (χ2v) is 6.32. The molecule has 0 saturated carbocycles. The minimum Gasteiger partial charge on any atom is -0.491 e.